The average Bonchev–Trinajstić information content (AvgIpc) is 3.12. The second kappa shape index (κ2) is 8.71. The van der Waals surface area contributed by atoms with Crippen LogP contribution in [0.15, 0.2) is 24.4 Å². The first-order valence-corrected chi connectivity index (χ1v) is 10.2. The molecule has 8 nitrogen and oxygen atoms in total. The Morgan fingerprint density at radius 1 is 1.14 bits per heavy atom. The Balaban J connectivity index is 1.42. The molecule has 2 aromatic rings. The van der Waals surface area contributed by atoms with Gasteiger partial charge in [-0.15, -0.1) is 0 Å². The molecule has 1 unspecified atom stereocenters. The van der Waals surface area contributed by atoms with E-state index in [1.165, 1.54) is 0 Å². The lowest BCUT2D eigenvalue weighted by Gasteiger charge is -2.38. The summed E-state index contributed by atoms with van der Waals surface area (Å²) in [5.74, 6) is -0.772. The fourth-order valence-corrected chi connectivity index (χ4v) is 4.28. The molecule has 29 heavy (non-hydrogen) atoms. The zero-order chi connectivity index (χ0) is 20.4. The standard InChI is InChI=1S/C20H25ClN4O4/c21-14-1-2-17-15(11-14)16(12-22-17)19(20(27)28)25-5-3-23(4-6-25)13-18(26)24-7-9-29-10-8-24/h1-2,11-12,19,22H,3-10,13H2,(H,27,28). The molecule has 156 valence electrons. The van der Waals surface area contributed by atoms with E-state index in [1.807, 2.05) is 15.9 Å². The molecular formula is C20H25ClN4O4. The van der Waals surface area contributed by atoms with Crippen molar-refractivity contribution in [2.45, 2.75) is 6.04 Å². The van der Waals surface area contributed by atoms with Gasteiger partial charge in [0.2, 0.25) is 5.91 Å². The van der Waals surface area contributed by atoms with E-state index in [4.69, 9.17) is 16.3 Å². The Morgan fingerprint density at radius 2 is 1.86 bits per heavy atom. The maximum absolute atomic E-state index is 12.5. The minimum atomic E-state index is -0.885. The number of piperazine rings is 1. The fourth-order valence-electron chi connectivity index (χ4n) is 4.11. The lowest BCUT2D eigenvalue weighted by molar-refractivity contribution is -0.145. The quantitative estimate of drug-likeness (QED) is 0.760. The van der Waals surface area contributed by atoms with E-state index in [9.17, 15) is 14.7 Å². The highest BCUT2D eigenvalue weighted by Crippen LogP contribution is 2.31. The third kappa shape index (κ3) is 4.40. The topological polar surface area (TPSA) is 89.1 Å². The molecule has 9 heteroatoms. The van der Waals surface area contributed by atoms with Gasteiger partial charge in [-0.1, -0.05) is 11.6 Å². The predicted molar refractivity (Wildman–Crippen MR) is 109 cm³/mol. The molecule has 1 aromatic heterocycles. The number of hydrogen-bond donors (Lipinski definition) is 2. The molecule has 2 aliphatic heterocycles. The molecule has 4 rings (SSSR count). The number of benzene rings is 1. The van der Waals surface area contributed by atoms with E-state index in [0.29, 0.717) is 69.6 Å². The van der Waals surface area contributed by atoms with Crippen LogP contribution in [0, 0.1) is 0 Å². The summed E-state index contributed by atoms with van der Waals surface area (Å²) in [4.78, 5) is 33.6. The molecule has 2 saturated heterocycles. The molecule has 1 aromatic carbocycles. The molecule has 0 aliphatic carbocycles. The van der Waals surface area contributed by atoms with Crippen LogP contribution in [0.2, 0.25) is 5.02 Å². The van der Waals surface area contributed by atoms with Gasteiger partial charge in [-0.25, -0.2) is 0 Å². The first kappa shape index (κ1) is 20.2. The van der Waals surface area contributed by atoms with Crippen LogP contribution in [-0.2, 0) is 14.3 Å². The normalized spacial score (nSPS) is 20.1. The van der Waals surface area contributed by atoms with E-state index >= 15 is 0 Å². The zero-order valence-corrected chi connectivity index (χ0v) is 16.9. The van der Waals surface area contributed by atoms with Gasteiger partial charge in [0.15, 0.2) is 0 Å². The molecule has 3 heterocycles. The lowest BCUT2D eigenvalue weighted by atomic mass is 10.0. The van der Waals surface area contributed by atoms with Gasteiger partial charge in [-0.05, 0) is 18.2 Å². The van der Waals surface area contributed by atoms with Crippen molar-refractivity contribution in [3.8, 4) is 0 Å². The summed E-state index contributed by atoms with van der Waals surface area (Å²) in [6.45, 7) is 5.32. The predicted octanol–water partition coefficient (Wildman–Crippen LogP) is 1.42. The van der Waals surface area contributed by atoms with Gasteiger partial charge in [0.1, 0.15) is 6.04 Å². The molecule has 1 atom stereocenters. The highest BCUT2D eigenvalue weighted by atomic mass is 35.5. The minimum Gasteiger partial charge on any atom is -0.480 e. The highest BCUT2D eigenvalue weighted by Gasteiger charge is 2.33. The second-order valence-corrected chi connectivity index (χ2v) is 7.92. The van der Waals surface area contributed by atoms with Crippen molar-refractivity contribution >= 4 is 34.4 Å². The summed E-state index contributed by atoms with van der Waals surface area (Å²) in [6, 6.07) is 4.69. The zero-order valence-electron chi connectivity index (χ0n) is 16.1. The maximum atomic E-state index is 12.5. The van der Waals surface area contributed by atoms with Crippen molar-refractivity contribution in [3.05, 3.63) is 35.0 Å². The Kier molecular flexibility index (Phi) is 6.05. The van der Waals surface area contributed by atoms with E-state index in [1.54, 1.807) is 18.3 Å². The number of amides is 1. The van der Waals surface area contributed by atoms with Crippen molar-refractivity contribution in [1.82, 2.24) is 19.7 Å². The minimum absolute atomic E-state index is 0.114. The molecule has 0 spiro atoms. The van der Waals surface area contributed by atoms with Crippen molar-refractivity contribution in [2.75, 3.05) is 59.0 Å². The number of aromatic amines is 1. The average molecular weight is 421 g/mol. The number of ether oxygens (including phenoxy) is 1. The largest absolute Gasteiger partial charge is 0.480 e. The molecular weight excluding hydrogens is 396 g/mol. The number of aromatic nitrogens is 1. The number of carbonyl (C=O) groups is 2. The first-order chi connectivity index (χ1) is 14.0. The number of nitrogens with zero attached hydrogens (tertiary/aromatic N) is 3. The SMILES string of the molecule is O=C(O)C(c1c[nH]c2ccc(Cl)cc12)N1CCN(CC(=O)N2CCOCC2)CC1. The van der Waals surface area contributed by atoms with Gasteiger partial charge in [0.25, 0.3) is 0 Å². The first-order valence-electron chi connectivity index (χ1n) is 9.84. The number of morpholine rings is 1. The van der Waals surface area contributed by atoms with E-state index in [0.717, 1.165) is 10.9 Å². The molecule has 2 N–H and O–H groups in total. The van der Waals surface area contributed by atoms with Crippen molar-refractivity contribution in [3.63, 3.8) is 0 Å². The van der Waals surface area contributed by atoms with Gasteiger partial charge < -0.3 is 19.7 Å². The van der Waals surface area contributed by atoms with Gasteiger partial charge in [-0.3, -0.25) is 19.4 Å². The van der Waals surface area contributed by atoms with Gasteiger partial charge >= 0.3 is 5.97 Å². The number of fused-ring (bicyclic) bond motifs is 1. The third-order valence-corrected chi connectivity index (χ3v) is 5.93. The van der Waals surface area contributed by atoms with Crippen LogP contribution in [0.4, 0.5) is 0 Å². The number of carbonyl (C=O) groups excluding carboxylic acids is 1. The van der Waals surface area contributed by atoms with Gasteiger partial charge in [-0.2, -0.15) is 0 Å². The smallest absolute Gasteiger partial charge is 0.325 e. The summed E-state index contributed by atoms with van der Waals surface area (Å²) in [5.41, 5.74) is 1.58. The van der Waals surface area contributed by atoms with Crippen LogP contribution >= 0.6 is 11.6 Å². The van der Waals surface area contributed by atoms with Gasteiger partial charge in [0.05, 0.1) is 19.8 Å². The number of carboxylic acid groups (broad SMARTS) is 1. The van der Waals surface area contributed by atoms with Crippen LogP contribution in [0.5, 0.6) is 0 Å². The fraction of sp³-hybridized carbons (Fsp3) is 0.500. The molecule has 0 bridgehead atoms. The molecule has 1 amide bonds. The Morgan fingerprint density at radius 3 is 2.55 bits per heavy atom. The number of nitrogens with one attached hydrogen (secondary N) is 1. The maximum Gasteiger partial charge on any atom is 0.325 e. The number of H-pyrrole nitrogens is 1. The van der Waals surface area contributed by atoms with Crippen molar-refractivity contribution in [2.24, 2.45) is 0 Å². The summed E-state index contributed by atoms with van der Waals surface area (Å²) in [5, 5.41) is 11.3. The summed E-state index contributed by atoms with van der Waals surface area (Å²) in [7, 11) is 0. The highest BCUT2D eigenvalue weighted by molar-refractivity contribution is 6.31. The molecule has 0 radical (unpaired) electrons. The van der Waals surface area contributed by atoms with Crippen LogP contribution in [0.25, 0.3) is 10.9 Å². The molecule has 2 aliphatic rings. The number of aliphatic carboxylic acids is 1. The molecule has 2 fully saturated rings. The second-order valence-electron chi connectivity index (χ2n) is 7.48. The number of rotatable bonds is 5. The Bertz CT molecular complexity index is 888. The van der Waals surface area contributed by atoms with Crippen molar-refractivity contribution < 1.29 is 19.4 Å². The van der Waals surface area contributed by atoms with E-state index in [-0.39, 0.29) is 5.91 Å². The van der Waals surface area contributed by atoms with Crippen LogP contribution < -0.4 is 0 Å². The number of halogens is 1. The van der Waals surface area contributed by atoms with E-state index in [2.05, 4.69) is 9.88 Å². The summed E-state index contributed by atoms with van der Waals surface area (Å²) in [6.07, 6.45) is 1.76. The third-order valence-electron chi connectivity index (χ3n) is 5.70. The van der Waals surface area contributed by atoms with Crippen molar-refractivity contribution in [1.29, 1.82) is 0 Å². The lowest BCUT2D eigenvalue weighted by Crippen LogP contribution is -2.52. The van der Waals surface area contributed by atoms with Crippen LogP contribution in [0.3, 0.4) is 0 Å². The summed E-state index contributed by atoms with van der Waals surface area (Å²) < 4.78 is 5.30. The summed E-state index contributed by atoms with van der Waals surface area (Å²) >= 11 is 6.12. The van der Waals surface area contributed by atoms with E-state index < -0.39 is 12.0 Å². The Hall–Kier alpha value is -2.13. The molecule has 0 saturated carbocycles. The van der Waals surface area contributed by atoms with Crippen LogP contribution in [0.1, 0.15) is 11.6 Å². The number of hydrogen-bond acceptors (Lipinski definition) is 5. The number of carboxylic acids is 1. The van der Waals surface area contributed by atoms with Crippen LogP contribution in [-0.4, -0.2) is 95.7 Å². The van der Waals surface area contributed by atoms with Gasteiger partial charge in [0, 0.05) is 67.0 Å². The Labute approximate surface area is 174 Å². The monoisotopic (exact) mass is 420 g/mol.